The first-order chi connectivity index (χ1) is 14.5. The lowest BCUT2D eigenvalue weighted by molar-refractivity contribution is 0.0941. The Morgan fingerprint density at radius 2 is 1.80 bits per heavy atom. The van der Waals surface area contributed by atoms with Crippen molar-refractivity contribution < 1.29 is 17.9 Å². The smallest absolute Gasteiger partial charge is 0.269 e. The molecule has 0 fully saturated rings. The molecule has 0 unspecified atom stereocenters. The third kappa shape index (κ3) is 5.87. The minimum atomic E-state index is -3.74. The summed E-state index contributed by atoms with van der Waals surface area (Å²) < 4.78 is 32.9. The summed E-state index contributed by atoms with van der Waals surface area (Å²) in [5.74, 6) is 0.301. The van der Waals surface area contributed by atoms with Crippen LogP contribution in [0.25, 0.3) is 0 Å². The van der Waals surface area contributed by atoms with Gasteiger partial charge in [0.25, 0.3) is 15.9 Å². The maximum atomic E-state index is 12.5. The summed E-state index contributed by atoms with van der Waals surface area (Å²) in [6.45, 7) is 2.37. The van der Waals surface area contributed by atoms with Crippen LogP contribution in [0, 0.1) is 0 Å². The van der Waals surface area contributed by atoms with Crippen molar-refractivity contribution in [1.29, 1.82) is 0 Å². The molecular weight excluding hydrogens is 402 g/mol. The zero-order valence-corrected chi connectivity index (χ0v) is 17.5. The van der Waals surface area contributed by atoms with Crippen LogP contribution in [0.15, 0.2) is 77.4 Å². The Bertz CT molecular complexity index is 1030. The highest BCUT2D eigenvalue weighted by Gasteiger charge is 2.14. The van der Waals surface area contributed by atoms with E-state index >= 15 is 0 Å². The second kappa shape index (κ2) is 9.98. The summed E-state index contributed by atoms with van der Waals surface area (Å²) in [6.07, 6.45) is 8.92. The van der Waals surface area contributed by atoms with Crippen molar-refractivity contribution >= 4 is 21.6 Å². The third-order valence-electron chi connectivity index (χ3n) is 4.49. The Balaban J connectivity index is 1.57. The molecule has 1 aliphatic carbocycles. The van der Waals surface area contributed by atoms with E-state index in [0.717, 1.165) is 19.3 Å². The lowest BCUT2D eigenvalue weighted by Gasteiger charge is -2.11. The summed E-state index contributed by atoms with van der Waals surface area (Å²) in [5.41, 5.74) is 7.43. The molecule has 1 aliphatic rings. The van der Waals surface area contributed by atoms with E-state index in [1.807, 2.05) is 6.92 Å². The van der Waals surface area contributed by atoms with Crippen molar-refractivity contribution in [2.24, 2.45) is 0 Å². The van der Waals surface area contributed by atoms with Gasteiger partial charge in [-0.2, -0.15) is 0 Å². The number of amides is 1. The molecule has 158 valence electrons. The van der Waals surface area contributed by atoms with Crippen molar-refractivity contribution in [3.8, 4) is 5.75 Å². The quantitative estimate of drug-likeness (QED) is 0.440. The molecule has 2 aromatic rings. The van der Waals surface area contributed by atoms with Crippen LogP contribution in [0.1, 0.15) is 36.5 Å². The fourth-order valence-corrected chi connectivity index (χ4v) is 3.97. The molecule has 8 heteroatoms. The predicted octanol–water partition coefficient (Wildman–Crippen LogP) is 3.74. The number of sulfonamides is 1. The van der Waals surface area contributed by atoms with Gasteiger partial charge in [0, 0.05) is 17.5 Å². The Morgan fingerprint density at radius 3 is 2.43 bits per heavy atom. The maximum absolute atomic E-state index is 12.5. The van der Waals surface area contributed by atoms with Crippen molar-refractivity contribution in [1.82, 2.24) is 10.9 Å². The third-order valence-corrected chi connectivity index (χ3v) is 5.88. The molecule has 0 bridgehead atoms. The van der Waals surface area contributed by atoms with Gasteiger partial charge < -0.3 is 10.2 Å². The predicted molar refractivity (Wildman–Crippen MR) is 117 cm³/mol. The summed E-state index contributed by atoms with van der Waals surface area (Å²) in [7, 11) is -3.74. The van der Waals surface area contributed by atoms with Crippen LogP contribution in [-0.4, -0.2) is 20.9 Å². The molecule has 0 radical (unpaired) electrons. The Kier molecular flexibility index (Phi) is 7.13. The minimum absolute atomic E-state index is 0.127. The highest BCUT2D eigenvalue weighted by Crippen LogP contribution is 2.20. The molecule has 0 aromatic heterocycles. The second-order valence-electron chi connectivity index (χ2n) is 6.70. The molecule has 0 aliphatic heterocycles. The number of hydrogen-bond acceptors (Lipinski definition) is 5. The number of anilines is 1. The molecule has 7 nitrogen and oxygen atoms in total. The number of rotatable bonds is 8. The SMILES string of the molecule is CCOc1ccc(S(=O)(=O)Nc2ccc(C(=O)NN/C=C3/CC=CCC3)cc2)cc1. The second-order valence-corrected chi connectivity index (χ2v) is 8.38. The molecule has 30 heavy (non-hydrogen) atoms. The van der Waals surface area contributed by atoms with Gasteiger partial charge in [0.15, 0.2) is 0 Å². The average molecular weight is 428 g/mol. The number of hydrazine groups is 1. The Morgan fingerprint density at radius 1 is 1.07 bits per heavy atom. The summed E-state index contributed by atoms with van der Waals surface area (Å²) in [6, 6.07) is 12.4. The fraction of sp³-hybridized carbons (Fsp3) is 0.227. The number of allylic oxidation sites excluding steroid dienone is 3. The van der Waals surface area contributed by atoms with Gasteiger partial charge >= 0.3 is 0 Å². The monoisotopic (exact) mass is 427 g/mol. The van der Waals surface area contributed by atoms with Gasteiger partial charge in [-0.15, -0.1) is 0 Å². The molecule has 0 spiro atoms. The number of benzene rings is 2. The van der Waals surface area contributed by atoms with E-state index in [0.29, 0.717) is 23.6 Å². The van der Waals surface area contributed by atoms with E-state index in [1.165, 1.54) is 17.7 Å². The van der Waals surface area contributed by atoms with Crippen molar-refractivity contribution in [3.05, 3.63) is 78.0 Å². The van der Waals surface area contributed by atoms with Crippen molar-refractivity contribution in [3.63, 3.8) is 0 Å². The van der Waals surface area contributed by atoms with Crippen LogP contribution < -0.4 is 20.3 Å². The Labute approximate surface area is 176 Å². The lowest BCUT2D eigenvalue weighted by atomic mass is 10.0. The van der Waals surface area contributed by atoms with E-state index in [4.69, 9.17) is 4.74 Å². The van der Waals surface area contributed by atoms with Gasteiger partial charge in [-0.05, 0) is 80.3 Å². The van der Waals surface area contributed by atoms with Crippen LogP contribution >= 0.6 is 0 Å². The molecule has 3 N–H and O–H groups in total. The number of carbonyl (C=O) groups excluding carboxylic acids is 1. The largest absolute Gasteiger partial charge is 0.494 e. The molecule has 0 atom stereocenters. The molecule has 1 amide bonds. The summed E-state index contributed by atoms with van der Waals surface area (Å²) >= 11 is 0. The van der Waals surface area contributed by atoms with Gasteiger partial charge in [0.2, 0.25) is 0 Å². The zero-order valence-electron chi connectivity index (χ0n) is 16.7. The van der Waals surface area contributed by atoms with E-state index in [9.17, 15) is 13.2 Å². The standard InChI is InChI=1S/C22H25N3O4S/c1-2-29-20-12-14-21(15-13-20)30(27,28)25-19-10-8-18(9-11-19)22(26)24-23-16-17-6-4-3-5-7-17/h3-4,8-16,23,25H,2,5-7H2,1H3,(H,24,26)/b17-16-. The van der Waals surface area contributed by atoms with Gasteiger partial charge in [-0.1, -0.05) is 12.2 Å². The van der Waals surface area contributed by atoms with Crippen LogP contribution in [0.4, 0.5) is 5.69 Å². The minimum Gasteiger partial charge on any atom is -0.494 e. The lowest BCUT2D eigenvalue weighted by Crippen LogP contribution is -2.33. The molecule has 0 saturated carbocycles. The van der Waals surface area contributed by atoms with Gasteiger partial charge in [-0.25, -0.2) is 8.42 Å². The highest BCUT2D eigenvalue weighted by molar-refractivity contribution is 7.92. The van der Waals surface area contributed by atoms with Crippen LogP contribution in [0.3, 0.4) is 0 Å². The van der Waals surface area contributed by atoms with Gasteiger partial charge in [-0.3, -0.25) is 14.9 Å². The summed E-state index contributed by atoms with van der Waals surface area (Å²) in [5, 5.41) is 0. The van der Waals surface area contributed by atoms with Crippen molar-refractivity contribution in [2.45, 2.75) is 31.1 Å². The Hall–Kier alpha value is -3.26. The number of ether oxygens (including phenoxy) is 1. The molecular formula is C22H25N3O4S. The van der Waals surface area contributed by atoms with E-state index in [2.05, 4.69) is 27.7 Å². The highest BCUT2D eigenvalue weighted by atomic mass is 32.2. The van der Waals surface area contributed by atoms with Gasteiger partial charge in [0.05, 0.1) is 11.5 Å². The van der Waals surface area contributed by atoms with E-state index in [-0.39, 0.29) is 10.8 Å². The topological polar surface area (TPSA) is 96.5 Å². The number of hydrogen-bond donors (Lipinski definition) is 3. The number of carbonyl (C=O) groups is 1. The molecule has 0 saturated heterocycles. The maximum Gasteiger partial charge on any atom is 0.269 e. The average Bonchev–Trinajstić information content (AvgIpc) is 2.75. The normalized spacial score (nSPS) is 14.9. The fourth-order valence-electron chi connectivity index (χ4n) is 2.92. The van der Waals surface area contributed by atoms with Crippen LogP contribution in [0.2, 0.25) is 0 Å². The van der Waals surface area contributed by atoms with Crippen LogP contribution in [-0.2, 0) is 10.0 Å². The molecule has 0 heterocycles. The first-order valence-corrected chi connectivity index (χ1v) is 11.2. The van der Waals surface area contributed by atoms with E-state index < -0.39 is 10.0 Å². The zero-order chi connectivity index (χ0) is 21.4. The summed E-state index contributed by atoms with van der Waals surface area (Å²) in [4.78, 5) is 12.3. The molecule has 2 aromatic carbocycles. The van der Waals surface area contributed by atoms with Gasteiger partial charge in [0.1, 0.15) is 5.75 Å². The number of nitrogens with one attached hydrogen (secondary N) is 3. The van der Waals surface area contributed by atoms with Crippen LogP contribution in [0.5, 0.6) is 5.75 Å². The van der Waals surface area contributed by atoms with E-state index in [1.54, 1.807) is 42.6 Å². The molecule has 3 rings (SSSR count). The first-order valence-electron chi connectivity index (χ1n) is 9.72. The van der Waals surface area contributed by atoms with Crippen molar-refractivity contribution in [2.75, 3.05) is 11.3 Å². The first kappa shape index (κ1) is 21.4.